The van der Waals surface area contributed by atoms with Gasteiger partial charge in [-0.1, -0.05) is 30.3 Å². The summed E-state index contributed by atoms with van der Waals surface area (Å²) in [6.45, 7) is 2.11. The Morgan fingerprint density at radius 2 is 1.61 bits per heavy atom. The number of carbonyl (C=O) groups excluding carboxylic acids is 1. The summed E-state index contributed by atoms with van der Waals surface area (Å²) in [6, 6.07) is 16.7. The van der Waals surface area contributed by atoms with Crippen LogP contribution >= 0.6 is 0 Å². The molecule has 2 aromatic carbocycles. The van der Waals surface area contributed by atoms with Crippen molar-refractivity contribution in [3.63, 3.8) is 0 Å². The van der Waals surface area contributed by atoms with E-state index >= 15 is 0 Å². The van der Waals surface area contributed by atoms with Gasteiger partial charge >= 0.3 is 0 Å². The van der Waals surface area contributed by atoms with Crippen LogP contribution in [0.15, 0.2) is 54.6 Å². The van der Waals surface area contributed by atoms with E-state index in [0.29, 0.717) is 16.9 Å². The minimum Gasteiger partial charge on any atom is -0.505 e. The van der Waals surface area contributed by atoms with E-state index in [0.717, 1.165) is 18.8 Å². The molecule has 4 N–H and O–H groups in total. The molecule has 1 aromatic heterocycles. The van der Waals surface area contributed by atoms with Crippen LogP contribution in [-0.4, -0.2) is 34.2 Å². The van der Waals surface area contributed by atoms with Gasteiger partial charge in [-0.15, -0.1) is 0 Å². The van der Waals surface area contributed by atoms with Crippen molar-refractivity contribution in [3.05, 3.63) is 60.2 Å². The maximum absolute atomic E-state index is 12.6. The van der Waals surface area contributed by atoms with Gasteiger partial charge in [0.1, 0.15) is 5.56 Å². The van der Waals surface area contributed by atoms with Crippen LogP contribution in [0, 0.1) is 0 Å². The first-order valence-electron chi connectivity index (χ1n) is 9.49. The molecule has 0 saturated carbocycles. The summed E-state index contributed by atoms with van der Waals surface area (Å²) in [6.07, 6.45) is 3.68. The highest BCUT2D eigenvalue weighted by molar-refractivity contribution is 6.09. The number of aromatic hydroxyl groups is 2. The van der Waals surface area contributed by atoms with E-state index in [1.165, 1.54) is 19.3 Å². The van der Waals surface area contributed by atoms with E-state index < -0.39 is 5.91 Å². The summed E-state index contributed by atoms with van der Waals surface area (Å²) in [5.74, 6) is -1.20. The number of rotatable bonds is 4. The number of benzene rings is 2. The third-order valence-corrected chi connectivity index (χ3v) is 5.09. The molecule has 0 spiro atoms. The lowest BCUT2D eigenvalue weighted by Gasteiger charge is -2.28. The minimum absolute atomic E-state index is 0.168. The van der Waals surface area contributed by atoms with E-state index in [9.17, 15) is 15.0 Å². The lowest BCUT2D eigenvalue weighted by Crippen LogP contribution is -2.29. The van der Waals surface area contributed by atoms with Crippen molar-refractivity contribution in [3.8, 4) is 22.9 Å². The molecular formula is C22H23N3O3. The molecule has 1 aliphatic rings. The molecule has 0 atom stereocenters. The molecule has 3 aromatic rings. The minimum atomic E-state index is -0.570. The Kier molecular flexibility index (Phi) is 4.93. The van der Waals surface area contributed by atoms with Crippen LogP contribution in [0.5, 0.6) is 11.6 Å². The number of nitrogens with one attached hydrogen (secondary N) is 2. The highest BCUT2D eigenvalue weighted by atomic mass is 16.3. The normalized spacial score (nSPS) is 14.1. The second-order valence-corrected chi connectivity index (χ2v) is 6.99. The Balaban J connectivity index is 1.52. The first-order chi connectivity index (χ1) is 13.6. The number of piperidine rings is 1. The average molecular weight is 377 g/mol. The van der Waals surface area contributed by atoms with Crippen LogP contribution in [0.2, 0.25) is 0 Å². The van der Waals surface area contributed by atoms with Gasteiger partial charge in [0.05, 0.1) is 5.69 Å². The number of nitrogens with zero attached hydrogens (tertiary/aromatic N) is 1. The van der Waals surface area contributed by atoms with Crippen LogP contribution in [0.3, 0.4) is 0 Å². The average Bonchev–Trinajstić information content (AvgIpc) is 3.04. The number of H-pyrrole nitrogens is 1. The van der Waals surface area contributed by atoms with E-state index in [4.69, 9.17) is 0 Å². The number of amides is 1. The fraction of sp³-hybridized carbons (Fsp3) is 0.227. The van der Waals surface area contributed by atoms with Gasteiger partial charge in [-0.2, -0.15) is 0 Å². The molecule has 1 aliphatic heterocycles. The molecule has 1 fully saturated rings. The van der Waals surface area contributed by atoms with Crippen LogP contribution in [0.25, 0.3) is 11.3 Å². The number of hydrogen-bond acceptors (Lipinski definition) is 4. The monoisotopic (exact) mass is 377 g/mol. The zero-order chi connectivity index (χ0) is 19.5. The Bertz CT molecular complexity index is 959. The van der Waals surface area contributed by atoms with E-state index in [1.54, 1.807) is 12.1 Å². The van der Waals surface area contributed by atoms with Crippen LogP contribution in [-0.2, 0) is 0 Å². The maximum Gasteiger partial charge on any atom is 0.264 e. The Morgan fingerprint density at radius 1 is 0.929 bits per heavy atom. The van der Waals surface area contributed by atoms with Crippen molar-refractivity contribution in [2.75, 3.05) is 23.3 Å². The fourth-order valence-corrected chi connectivity index (χ4v) is 3.61. The molecule has 0 radical (unpaired) electrons. The van der Waals surface area contributed by atoms with Gasteiger partial charge in [0.25, 0.3) is 5.91 Å². The molecule has 6 heteroatoms. The lowest BCUT2D eigenvalue weighted by atomic mass is 10.1. The number of hydrogen-bond donors (Lipinski definition) is 4. The van der Waals surface area contributed by atoms with Crippen LogP contribution < -0.4 is 10.2 Å². The van der Waals surface area contributed by atoms with E-state index in [-0.39, 0.29) is 17.2 Å². The first-order valence-corrected chi connectivity index (χ1v) is 9.49. The molecule has 0 unspecified atom stereocenters. The van der Waals surface area contributed by atoms with E-state index in [2.05, 4.69) is 15.2 Å². The number of carbonyl (C=O) groups is 1. The largest absolute Gasteiger partial charge is 0.505 e. The van der Waals surface area contributed by atoms with Gasteiger partial charge in [-0.05, 0) is 43.5 Å². The summed E-state index contributed by atoms with van der Waals surface area (Å²) >= 11 is 0. The smallest absolute Gasteiger partial charge is 0.264 e. The van der Waals surface area contributed by atoms with Crippen molar-refractivity contribution in [1.29, 1.82) is 0 Å². The summed E-state index contributed by atoms with van der Waals surface area (Å²) in [5, 5.41) is 23.4. The molecule has 6 nitrogen and oxygen atoms in total. The van der Waals surface area contributed by atoms with Crippen molar-refractivity contribution < 1.29 is 15.0 Å². The topological polar surface area (TPSA) is 88.6 Å². The predicted molar refractivity (Wildman–Crippen MR) is 110 cm³/mol. The van der Waals surface area contributed by atoms with E-state index in [1.807, 2.05) is 42.5 Å². The quantitative estimate of drug-likeness (QED) is 0.545. The zero-order valence-corrected chi connectivity index (χ0v) is 15.5. The second-order valence-electron chi connectivity index (χ2n) is 6.99. The molecule has 0 aliphatic carbocycles. The standard InChI is InChI=1S/C22H23N3O3/c26-20-18(22(28)24-19(20)15-7-3-1-4-8-15)21(27)23-16-9-11-17(12-10-16)25-13-5-2-6-14-25/h1,3-4,7-12,24,26,28H,2,5-6,13-14H2,(H,23,27). The Morgan fingerprint density at radius 3 is 2.29 bits per heavy atom. The SMILES string of the molecule is O=C(Nc1ccc(N2CCCCC2)cc1)c1c(O)[nH]c(-c2ccccc2)c1O. The molecule has 2 heterocycles. The molecule has 4 rings (SSSR count). The van der Waals surface area contributed by atoms with Gasteiger partial charge in [0.15, 0.2) is 5.75 Å². The fourth-order valence-electron chi connectivity index (χ4n) is 3.61. The molecular weight excluding hydrogens is 354 g/mol. The first kappa shape index (κ1) is 18.0. The summed E-state index contributed by atoms with van der Waals surface area (Å²) in [7, 11) is 0. The Hall–Kier alpha value is -3.41. The second kappa shape index (κ2) is 7.68. The van der Waals surface area contributed by atoms with Gasteiger partial charge < -0.3 is 25.4 Å². The van der Waals surface area contributed by atoms with Crippen molar-refractivity contribution in [2.45, 2.75) is 19.3 Å². The number of aromatic nitrogens is 1. The van der Waals surface area contributed by atoms with Gasteiger partial charge in [-0.3, -0.25) is 4.79 Å². The number of anilines is 2. The molecule has 1 amide bonds. The Labute approximate surface area is 163 Å². The third kappa shape index (κ3) is 3.53. The van der Waals surface area contributed by atoms with Crippen LogP contribution in [0.4, 0.5) is 11.4 Å². The predicted octanol–water partition coefficient (Wildman–Crippen LogP) is 4.34. The van der Waals surface area contributed by atoms with Crippen molar-refractivity contribution in [1.82, 2.24) is 4.98 Å². The maximum atomic E-state index is 12.6. The highest BCUT2D eigenvalue weighted by Crippen LogP contribution is 2.37. The van der Waals surface area contributed by atoms with Gasteiger partial charge in [-0.25, -0.2) is 0 Å². The highest BCUT2D eigenvalue weighted by Gasteiger charge is 2.24. The van der Waals surface area contributed by atoms with Crippen molar-refractivity contribution >= 4 is 17.3 Å². The van der Waals surface area contributed by atoms with Gasteiger partial charge in [0.2, 0.25) is 5.88 Å². The summed E-state index contributed by atoms with van der Waals surface area (Å²) < 4.78 is 0. The molecule has 0 bridgehead atoms. The number of aromatic amines is 1. The lowest BCUT2D eigenvalue weighted by molar-refractivity contribution is 0.102. The summed E-state index contributed by atoms with van der Waals surface area (Å²) in [4.78, 5) is 17.6. The zero-order valence-electron chi connectivity index (χ0n) is 15.5. The van der Waals surface area contributed by atoms with Crippen LogP contribution in [0.1, 0.15) is 29.6 Å². The van der Waals surface area contributed by atoms with Crippen molar-refractivity contribution in [2.24, 2.45) is 0 Å². The van der Waals surface area contributed by atoms with Gasteiger partial charge in [0, 0.05) is 30.0 Å². The third-order valence-electron chi connectivity index (χ3n) is 5.09. The molecule has 28 heavy (non-hydrogen) atoms. The summed E-state index contributed by atoms with van der Waals surface area (Å²) in [5.41, 5.74) is 2.56. The molecule has 1 saturated heterocycles. The molecule has 144 valence electrons.